The molecule has 0 fully saturated rings. The number of pyridine rings is 1. The van der Waals surface area contributed by atoms with Crippen LogP contribution in [-0.2, 0) is 10.0 Å². The first-order valence-corrected chi connectivity index (χ1v) is 6.89. The van der Waals surface area contributed by atoms with E-state index in [1.165, 1.54) is 25.4 Å². The van der Waals surface area contributed by atoms with Crippen LogP contribution in [-0.4, -0.2) is 20.5 Å². The van der Waals surface area contributed by atoms with Crippen LogP contribution in [0.1, 0.15) is 0 Å². The third-order valence-electron chi connectivity index (χ3n) is 2.39. The molecule has 2 aromatic rings. The van der Waals surface area contributed by atoms with Gasteiger partial charge in [-0.3, -0.25) is 4.72 Å². The van der Waals surface area contributed by atoms with Crippen molar-refractivity contribution in [3.8, 4) is 5.88 Å². The Labute approximate surface area is 114 Å². The van der Waals surface area contributed by atoms with Crippen LogP contribution in [0.25, 0.3) is 0 Å². The number of nitrogens with zero attached hydrogens (tertiary/aromatic N) is 1. The molecule has 0 aliphatic heterocycles. The maximum atomic E-state index is 13.5. The Hall–Kier alpha value is -2.22. The minimum absolute atomic E-state index is 0.0634. The molecule has 0 unspecified atom stereocenters. The number of nitrogens with one attached hydrogen (secondary N) is 1. The number of hydrogen-bond donors (Lipinski definition) is 1. The van der Waals surface area contributed by atoms with Crippen LogP contribution in [0.4, 0.5) is 14.5 Å². The van der Waals surface area contributed by atoms with Crippen LogP contribution in [0.5, 0.6) is 5.88 Å². The zero-order chi connectivity index (χ0) is 14.8. The van der Waals surface area contributed by atoms with Gasteiger partial charge in [0.05, 0.1) is 19.0 Å². The third-order valence-corrected chi connectivity index (χ3v) is 3.82. The van der Waals surface area contributed by atoms with E-state index in [-0.39, 0.29) is 11.6 Å². The molecule has 0 atom stereocenters. The van der Waals surface area contributed by atoms with E-state index in [4.69, 9.17) is 4.74 Å². The van der Waals surface area contributed by atoms with Crippen molar-refractivity contribution in [1.29, 1.82) is 0 Å². The first kappa shape index (κ1) is 14.2. The molecule has 0 radical (unpaired) electrons. The van der Waals surface area contributed by atoms with E-state index in [1.54, 1.807) is 0 Å². The molecule has 1 aromatic carbocycles. The largest absolute Gasteiger partial charge is 0.481 e. The molecule has 0 bridgehead atoms. The molecule has 0 amide bonds. The molecular formula is C12H10F2N2O3S. The van der Waals surface area contributed by atoms with E-state index in [1.807, 2.05) is 4.72 Å². The summed E-state index contributed by atoms with van der Waals surface area (Å²) in [5.74, 6) is -2.05. The van der Waals surface area contributed by atoms with Crippen molar-refractivity contribution in [1.82, 2.24) is 4.98 Å². The summed E-state index contributed by atoms with van der Waals surface area (Å²) in [6.07, 6.45) is 1.18. The van der Waals surface area contributed by atoms with Gasteiger partial charge < -0.3 is 4.74 Å². The summed E-state index contributed by atoms with van der Waals surface area (Å²) in [7, 11) is -2.97. The van der Waals surface area contributed by atoms with E-state index in [0.717, 1.165) is 18.2 Å². The number of rotatable bonds is 4. The molecule has 106 valence electrons. The predicted molar refractivity (Wildman–Crippen MR) is 68.0 cm³/mol. The van der Waals surface area contributed by atoms with E-state index in [9.17, 15) is 17.2 Å². The van der Waals surface area contributed by atoms with Gasteiger partial charge in [-0.2, -0.15) is 0 Å². The topological polar surface area (TPSA) is 68.3 Å². The lowest BCUT2D eigenvalue weighted by molar-refractivity contribution is 0.398. The molecule has 2 rings (SSSR count). The number of aromatic nitrogens is 1. The Kier molecular flexibility index (Phi) is 3.84. The van der Waals surface area contributed by atoms with E-state index >= 15 is 0 Å². The van der Waals surface area contributed by atoms with Crippen LogP contribution >= 0.6 is 0 Å². The molecule has 1 heterocycles. The van der Waals surface area contributed by atoms with Gasteiger partial charge in [-0.1, -0.05) is 6.07 Å². The molecule has 1 N–H and O–H groups in total. The van der Waals surface area contributed by atoms with Gasteiger partial charge in [0, 0.05) is 6.07 Å². The molecule has 5 nitrogen and oxygen atoms in total. The molecule has 20 heavy (non-hydrogen) atoms. The number of methoxy groups -OCH3 is 1. The smallest absolute Gasteiger partial charge is 0.267 e. The molecular weight excluding hydrogens is 290 g/mol. The molecule has 0 saturated heterocycles. The molecule has 0 aliphatic carbocycles. The van der Waals surface area contributed by atoms with Crippen molar-refractivity contribution in [2.24, 2.45) is 0 Å². The summed E-state index contributed by atoms with van der Waals surface area (Å²) < 4.78 is 57.7. The maximum absolute atomic E-state index is 13.5. The Morgan fingerprint density at radius 2 is 1.80 bits per heavy atom. The van der Waals surface area contributed by atoms with Crippen molar-refractivity contribution in [3.05, 3.63) is 48.2 Å². The standard InChI is InChI=1S/C12H10F2N2O3S/c1-19-11-6-5-8(7-15-11)16-20(17,18)12-9(13)3-2-4-10(12)14/h2-7,16H,1H3. The summed E-state index contributed by atoms with van der Waals surface area (Å²) in [6, 6.07) is 5.59. The monoisotopic (exact) mass is 300 g/mol. The van der Waals surface area contributed by atoms with Crippen molar-refractivity contribution in [3.63, 3.8) is 0 Å². The SMILES string of the molecule is COc1ccc(NS(=O)(=O)c2c(F)cccc2F)cn1. The van der Waals surface area contributed by atoms with Crippen LogP contribution in [0.15, 0.2) is 41.4 Å². The third kappa shape index (κ3) is 2.85. The number of sulfonamides is 1. The highest BCUT2D eigenvalue weighted by Gasteiger charge is 2.23. The first-order valence-electron chi connectivity index (χ1n) is 5.41. The molecule has 8 heteroatoms. The Balaban J connectivity index is 2.35. The lowest BCUT2D eigenvalue weighted by atomic mass is 10.3. The summed E-state index contributed by atoms with van der Waals surface area (Å²) >= 11 is 0. The minimum Gasteiger partial charge on any atom is -0.481 e. The fourth-order valence-corrected chi connectivity index (χ4v) is 2.69. The van der Waals surface area contributed by atoms with Crippen molar-refractivity contribution in [2.75, 3.05) is 11.8 Å². The van der Waals surface area contributed by atoms with Crippen LogP contribution in [0.2, 0.25) is 0 Å². The fourth-order valence-electron chi connectivity index (χ4n) is 1.51. The number of ether oxygens (including phenoxy) is 1. The Morgan fingerprint density at radius 3 is 2.30 bits per heavy atom. The Bertz CT molecular complexity index is 698. The quantitative estimate of drug-likeness (QED) is 0.939. The molecule has 0 aliphatic rings. The van der Waals surface area contributed by atoms with Gasteiger partial charge in [-0.05, 0) is 18.2 Å². The van der Waals surface area contributed by atoms with Gasteiger partial charge in [-0.15, -0.1) is 0 Å². The predicted octanol–water partition coefficient (Wildman–Crippen LogP) is 2.17. The summed E-state index contributed by atoms with van der Waals surface area (Å²) in [5.41, 5.74) is 0.0634. The van der Waals surface area contributed by atoms with Crippen molar-refractivity contribution in [2.45, 2.75) is 4.90 Å². The fraction of sp³-hybridized carbons (Fsp3) is 0.0833. The zero-order valence-corrected chi connectivity index (χ0v) is 11.1. The first-order chi connectivity index (χ1) is 9.44. The lowest BCUT2D eigenvalue weighted by Crippen LogP contribution is -2.16. The molecule has 0 spiro atoms. The van der Waals surface area contributed by atoms with E-state index in [2.05, 4.69) is 4.98 Å². The average Bonchev–Trinajstić information content (AvgIpc) is 2.38. The Morgan fingerprint density at radius 1 is 1.15 bits per heavy atom. The van der Waals surface area contributed by atoms with Crippen molar-refractivity contribution < 1.29 is 21.9 Å². The number of hydrogen-bond acceptors (Lipinski definition) is 4. The zero-order valence-electron chi connectivity index (χ0n) is 10.3. The lowest BCUT2D eigenvalue weighted by Gasteiger charge is -2.09. The number of halogens is 2. The number of benzene rings is 1. The second-order valence-electron chi connectivity index (χ2n) is 3.75. The van der Waals surface area contributed by atoms with E-state index in [0.29, 0.717) is 0 Å². The highest BCUT2D eigenvalue weighted by Crippen LogP contribution is 2.22. The minimum atomic E-state index is -4.38. The number of anilines is 1. The van der Waals surface area contributed by atoms with Gasteiger partial charge in [0.2, 0.25) is 5.88 Å². The summed E-state index contributed by atoms with van der Waals surface area (Å²) in [5, 5.41) is 0. The maximum Gasteiger partial charge on any atom is 0.267 e. The van der Waals surface area contributed by atoms with Crippen molar-refractivity contribution >= 4 is 15.7 Å². The average molecular weight is 300 g/mol. The molecule has 0 saturated carbocycles. The highest BCUT2D eigenvalue weighted by molar-refractivity contribution is 7.92. The second-order valence-corrected chi connectivity index (χ2v) is 5.36. The second kappa shape index (κ2) is 5.41. The van der Waals surface area contributed by atoms with Crippen LogP contribution in [0, 0.1) is 11.6 Å². The normalized spacial score (nSPS) is 11.2. The van der Waals surface area contributed by atoms with Crippen LogP contribution < -0.4 is 9.46 Å². The van der Waals surface area contributed by atoms with Gasteiger partial charge >= 0.3 is 0 Å². The van der Waals surface area contributed by atoms with Gasteiger partial charge in [0.25, 0.3) is 10.0 Å². The van der Waals surface area contributed by atoms with Gasteiger partial charge in [0.15, 0.2) is 4.90 Å². The summed E-state index contributed by atoms with van der Waals surface area (Å²) in [6.45, 7) is 0. The molecule has 1 aromatic heterocycles. The van der Waals surface area contributed by atoms with E-state index < -0.39 is 26.6 Å². The van der Waals surface area contributed by atoms with Gasteiger partial charge in [0.1, 0.15) is 11.6 Å². The van der Waals surface area contributed by atoms with Gasteiger partial charge in [-0.25, -0.2) is 22.2 Å². The van der Waals surface area contributed by atoms with Crippen LogP contribution in [0.3, 0.4) is 0 Å². The highest BCUT2D eigenvalue weighted by atomic mass is 32.2. The summed E-state index contributed by atoms with van der Waals surface area (Å²) in [4.78, 5) is 2.75.